The van der Waals surface area contributed by atoms with E-state index in [1.807, 2.05) is 24.3 Å². The zero-order chi connectivity index (χ0) is 22.0. The Hall–Kier alpha value is -3.39. The van der Waals surface area contributed by atoms with Crippen LogP contribution < -0.4 is 16.0 Å². The van der Waals surface area contributed by atoms with Crippen molar-refractivity contribution in [2.24, 2.45) is 5.73 Å². The summed E-state index contributed by atoms with van der Waals surface area (Å²) < 4.78 is 37.8. The quantitative estimate of drug-likeness (QED) is 0.605. The van der Waals surface area contributed by atoms with E-state index < -0.39 is 11.7 Å². The van der Waals surface area contributed by atoms with Crippen molar-refractivity contribution in [2.75, 3.05) is 23.3 Å². The molecule has 0 bridgehead atoms. The van der Waals surface area contributed by atoms with Crippen molar-refractivity contribution < 1.29 is 18.0 Å². The fourth-order valence-corrected chi connectivity index (χ4v) is 3.50. The Kier molecular flexibility index (Phi) is 5.65. The number of fused-ring (bicyclic) bond motifs is 1. The summed E-state index contributed by atoms with van der Waals surface area (Å²) in [6, 6.07) is 14.1. The maximum absolute atomic E-state index is 12.6. The molecule has 1 fully saturated rings. The number of pyridine rings is 1. The van der Waals surface area contributed by atoms with Gasteiger partial charge in [0.1, 0.15) is 5.82 Å². The first-order chi connectivity index (χ1) is 14.8. The molecule has 1 aliphatic rings. The molecule has 1 saturated heterocycles. The third-order valence-electron chi connectivity index (χ3n) is 5.16. The highest BCUT2D eigenvalue weighted by molar-refractivity contribution is 6.03. The van der Waals surface area contributed by atoms with Crippen molar-refractivity contribution in [2.45, 2.75) is 18.6 Å². The molecule has 0 saturated carbocycles. The average Bonchev–Trinajstić information content (AvgIpc) is 3.18. The van der Waals surface area contributed by atoms with Gasteiger partial charge >= 0.3 is 6.18 Å². The zero-order valence-corrected chi connectivity index (χ0v) is 16.6. The minimum absolute atomic E-state index is 0.172. The van der Waals surface area contributed by atoms with E-state index in [9.17, 15) is 18.0 Å². The summed E-state index contributed by atoms with van der Waals surface area (Å²) in [6.07, 6.45) is -0.687. The molecule has 1 atom stereocenters. The average molecular weight is 426 g/mol. The predicted octanol–water partition coefficient (Wildman–Crippen LogP) is 4.44. The number of rotatable bonds is 4. The van der Waals surface area contributed by atoms with Crippen molar-refractivity contribution in [1.29, 1.82) is 0 Å². The molecule has 3 aromatic rings. The van der Waals surface area contributed by atoms with Crippen LogP contribution in [0.25, 0.3) is 17.0 Å². The van der Waals surface area contributed by atoms with Crippen molar-refractivity contribution in [3.63, 3.8) is 0 Å². The van der Waals surface area contributed by atoms with Crippen molar-refractivity contribution in [3.8, 4) is 0 Å². The lowest BCUT2D eigenvalue weighted by Crippen LogP contribution is -2.26. The van der Waals surface area contributed by atoms with Gasteiger partial charge in [-0.05, 0) is 60.5 Å². The molecule has 1 aromatic heterocycles. The van der Waals surface area contributed by atoms with Crippen LogP contribution in [-0.2, 0) is 11.0 Å². The number of hydrogen-bond acceptors (Lipinski definition) is 4. The molecule has 0 aliphatic carbocycles. The largest absolute Gasteiger partial charge is 0.416 e. The Labute approximate surface area is 177 Å². The van der Waals surface area contributed by atoms with E-state index in [0.717, 1.165) is 48.4 Å². The molecule has 4 rings (SSSR count). The maximum atomic E-state index is 12.6. The van der Waals surface area contributed by atoms with Crippen LogP contribution in [0.3, 0.4) is 0 Å². The molecule has 5 nitrogen and oxygen atoms in total. The molecule has 31 heavy (non-hydrogen) atoms. The highest BCUT2D eigenvalue weighted by Crippen LogP contribution is 2.29. The Morgan fingerprint density at radius 3 is 2.58 bits per heavy atom. The summed E-state index contributed by atoms with van der Waals surface area (Å²) >= 11 is 0. The molecular weight excluding hydrogens is 405 g/mol. The molecular formula is C23H21F3N4O. The Balaban J connectivity index is 1.42. The van der Waals surface area contributed by atoms with Crippen LogP contribution >= 0.6 is 0 Å². The first-order valence-corrected chi connectivity index (χ1v) is 9.85. The lowest BCUT2D eigenvalue weighted by Gasteiger charge is -2.17. The summed E-state index contributed by atoms with van der Waals surface area (Å²) in [5.74, 6) is 0.506. The van der Waals surface area contributed by atoms with Crippen molar-refractivity contribution in [1.82, 2.24) is 4.98 Å². The normalized spacial score (nSPS) is 16.9. The van der Waals surface area contributed by atoms with Crippen molar-refractivity contribution >= 4 is 34.4 Å². The number of nitrogens with two attached hydrogens (primary N) is 1. The van der Waals surface area contributed by atoms with Gasteiger partial charge in [0, 0.05) is 36.3 Å². The SMILES string of the molecule is NC1CCN(c2ccc3cc(NC(=O)C=Cc4ccc(C(F)(F)F)cc4)ccc3n2)C1. The van der Waals surface area contributed by atoms with E-state index >= 15 is 0 Å². The predicted molar refractivity (Wildman–Crippen MR) is 116 cm³/mol. The maximum Gasteiger partial charge on any atom is 0.416 e. The minimum Gasteiger partial charge on any atom is -0.355 e. The van der Waals surface area contributed by atoms with E-state index in [4.69, 9.17) is 5.73 Å². The fourth-order valence-electron chi connectivity index (χ4n) is 3.50. The number of nitrogens with zero attached hydrogens (tertiary/aromatic N) is 2. The highest BCUT2D eigenvalue weighted by atomic mass is 19.4. The summed E-state index contributed by atoms with van der Waals surface area (Å²) in [4.78, 5) is 19.0. The number of carbonyl (C=O) groups is 1. The number of anilines is 2. The highest BCUT2D eigenvalue weighted by Gasteiger charge is 2.29. The van der Waals surface area contributed by atoms with Gasteiger partial charge < -0.3 is 16.0 Å². The van der Waals surface area contributed by atoms with E-state index in [2.05, 4.69) is 15.2 Å². The molecule has 0 radical (unpaired) electrons. The Morgan fingerprint density at radius 1 is 1.13 bits per heavy atom. The summed E-state index contributed by atoms with van der Waals surface area (Å²) in [6.45, 7) is 1.68. The fraction of sp³-hybridized carbons (Fsp3) is 0.217. The van der Waals surface area contributed by atoms with Gasteiger partial charge in [-0.1, -0.05) is 12.1 Å². The van der Waals surface area contributed by atoms with Crippen LogP contribution in [0.4, 0.5) is 24.7 Å². The minimum atomic E-state index is -4.38. The van der Waals surface area contributed by atoms with Gasteiger partial charge in [0.05, 0.1) is 11.1 Å². The van der Waals surface area contributed by atoms with Gasteiger partial charge in [-0.2, -0.15) is 13.2 Å². The first-order valence-electron chi connectivity index (χ1n) is 9.85. The summed E-state index contributed by atoms with van der Waals surface area (Å²) in [5.41, 5.74) is 7.16. The molecule has 2 heterocycles. The molecule has 1 aliphatic heterocycles. The number of carbonyl (C=O) groups excluding carboxylic acids is 1. The van der Waals surface area contributed by atoms with Gasteiger partial charge in [0.2, 0.25) is 5.91 Å². The summed E-state index contributed by atoms with van der Waals surface area (Å²) in [7, 11) is 0. The van der Waals surface area contributed by atoms with Crippen LogP contribution in [-0.4, -0.2) is 30.0 Å². The number of hydrogen-bond donors (Lipinski definition) is 2. The van der Waals surface area contributed by atoms with Crippen LogP contribution in [0.5, 0.6) is 0 Å². The van der Waals surface area contributed by atoms with Gasteiger partial charge in [0.15, 0.2) is 0 Å². The van der Waals surface area contributed by atoms with E-state index in [-0.39, 0.29) is 11.9 Å². The lowest BCUT2D eigenvalue weighted by atomic mass is 10.1. The van der Waals surface area contributed by atoms with Crippen molar-refractivity contribution in [3.05, 3.63) is 71.8 Å². The van der Waals surface area contributed by atoms with E-state index in [1.54, 1.807) is 6.07 Å². The van der Waals surface area contributed by atoms with E-state index in [1.165, 1.54) is 24.3 Å². The monoisotopic (exact) mass is 426 g/mol. The number of benzene rings is 2. The topological polar surface area (TPSA) is 71.2 Å². The van der Waals surface area contributed by atoms with Crippen LogP contribution in [0.15, 0.2) is 60.7 Å². The second-order valence-corrected chi connectivity index (χ2v) is 7.51. The Bertz CT molecular complexity index is 1130. The smallest absolute Gasteiger partial charge is 0.355 e. The second-order valence-electron chi connectivity index (χ2n) is 7.51. The number of nitrogens with one attached hydrogen (secondary N) is 1. The molecule has 1 unspecified atom stereocenters. The Morgan fingerprint density at radius 2 is 1.90 bits per heavy atom. The third-order valence-corrected chi connectivity index (χ3v) is 5.16. The van der Waals surface area contributed by atoms with Crippen LogP contribution in [0, 0.1) is 0 Å². The molecule has 8 heteroatoms. The molecule has 1 amide bonds. The second kappa shape index (κ2) is 8.39. The van der Waals surface area contributed by atoms with Crippen LogP contribution in [0.1, 0.15) is 17.5 Å². The first kappa shape index (κ1) is 20.9. The number of alkyl halides is 3. The van der Waals surface area contributed by atoms with Gasteiger partial charge in [-0.3, -0.25) is 4.79 Å². The van der Waals surface area contributed by atoms with E-state index in [0.29, 0.717) is 11.3 Å². The summed E-state index contributed by atoms with van der Waals surface area (Å²) in [5, 5.41) is 3.64. The molecule has 0 spiro atoms. The number of aromatic nitrogens is 1. The van der Waals surface area contributed by atoms with Gasteiger partial charge in [-0.15, -0.1) is 0 Å². The van der Waals surface area contributed by atoms with Gasteiger partial charge in [-0.25, -0.2) is 4.98 Å². The molecule has 2 aromatic carbocycles. The molecule has 3 N–H and O–H groups in total. The third kappa shape index (κ3) is 5.03. The standard InChI is InChI=1S/C23H21F3N4O/c24-23(25,26)17-5-1-15(2-6-17)3-10-22(31)28-19-7-8-20-16(13-19)4-9-21(29-20)30-12-11-18(27)14-30/h1-10,13,18H,11-12,14,27H2,(H,28,31). The van der Waals surface area contributed by atoms with Crippen LogP contribution in [0.2, 0.25) is 0 Å². The number of halogens is 3. The van der Waals surface area contributed by atoms with Gasteiger partial charge in [0.25, 0.3) is 0 Å². The molecule has 160 valence electrons. The zero-order valence-electron chi connectivity index (χ0n) is 16.6. The lowest BCUT2D eigenvalue weighted by molar-refractivity contribution is -0.137. The number of amides is 1.